The van der Waals surface area contributed by atoms with E-state index in [4.69, 9.17) is 16.3 Å². The van der Waals surface area contributed by atoms with Crippen LogP contribution in [0.5, 0.6) is 5.75 Å². The normalized spacial score (nSPS) is 10.6. The summed E-state index contributed by atoms with van der Waals surface area (Å²) in [5.74, 6) is 1.68. The first kappa shape index (κ1) is 19.3. The number of hydrogen-bond acceptors (Lipinski definition) is 5. The molecule has 2 aromatic carbocycles. The number of H-pyrrole nitrogens is 1. The first-order valence-corrected chi connectivity index (χ1v) is 9.59. The monoisotopic (exact) mass is 402 g/mol. The molecule has 0 fully saturated rings. The molecule has 0 saturated heterocycles. The average Bonchev–Trinajstić information content (AvgIpc) is 3.15. The van der Waals surface area contributed by atoms with Crippen LogP contribution in [0.4, 0.5) is 0 Å². The second-order valence-electron chi connectivity index (χ2n) is 5.86. The third kappa shape index (κ3) is 5.24. The molecule has 0 unspecified atom stereocenters. The molecule has 3 aromatic rings. The SMILES string of the molecule is COc1cccc(CN(C)C(=O)CSc2n[nH]c(-c3ccc(Cl)cc3)n2)c1. The topological polar surface area (TPSA) is 71.1 Å². The first-order valence-electron chi connectivity index (χ1n) is 8.23. The number of methoxy groups -OCH3 is 1. The maximum atomic E-state index is 12.4. The van der Waals surface area contributed by atoms with E-state index >= 15 is 0 Å². The van der Waals surface area contributed by atoms with E-state index < -0.39 is 0 Å². The molecule has 0 atom stereocenters. The predicted molar refractivity (Wildman–Crippen MR) is 107 cm³/mol. The van der Waals surface area contributed by atoms with Crippen LogP contribution in [0.25, 0.3) is 11.4 Å². The molecule has 0 aliphatic rings. The number of rotatable bonds is 7. The summed E-state index contributed by atoms with van der Waals surface area (Å²) in [6.07, 6.45) is 0. The Morgan fingerprint density at radius 3 is 2.78 bits per heavy atom. The summed E-state index contributed by atoms with van der Waals surface area (Å²) >= 11 is 7.19. The van der Waals surface area contributed by atoms with Gasteiger partial charge >= 0.3 is 0 Å². The molecule has 3 rings (SSSR count). The third-order valence-electron chi connectivity index (χ3n) is 3.89. The zero-order valence-electron chi connectivity index (χ0n) is 15.0. The summed E-state index contributed by atoms with van der Waals surface area (Å²) < 4.78 is 5.21. The minimum absolute atomic E-state index is 0.000614. The number of nitrogens with one attached hydrogen (secondary N) is 1. The van der Waals surface area contributed by atoms with Crippen molar-refractivity contribution >= 4 is 29.3 Å². The van der Waals surface area contributed by atoms with E-state index in [-0.39, 0.29) is 11.7 Å². The van der Waals surface area contributed by atoms with Crippen molar-refractivity contribution < 1.29 is 9.53 Å². The van der Waals surface area contributed by atoms with E-state index in [9.17, 15) is 4.79 Å². The second kappa shape index (κ2) is 8.92. The van der Waals surface area contributed by atoms with Gasteiger partial charge in [-0.3, -0.25) is 9.89 Å². The van der Waals surface area contributed by atoms with Crippen LogP contribution in [0.3, 0.4) is 0 Å². The standard InChI is InChI=1S/C19H19ClN4O2S/c1-24(11-13-4-3-5-16(10-13)26-2)17(25)12-27-19-21-18(22-23-19)14-6-8-15(20)9-7-14/h3-10H,11-12H2,1-2H3,(H,21,22,23). The van der Waals surface area contributed by atoms with Gasteiger partial charge in [-0.2, -0.15) is 0 Å². The van der Waals surface area contributed by atoms with Gasteiger partial charge in [-0.05, 0) is 42.0 Å². The molecule has 27 heavy (non-hydrogen) atoms. The van der Waals surface area contributed by atoms with Gasteiger partial charge in [0.1, 0.15) is 5.75 Å². The molecule has 140 valence electrons. The number of amides is 1. The van der Waals surface area contributed by atoms with Crippen molar-refractivity contribution in [2.24, 2.45) is 0 Å². The fourth-order valence-corrected chi connectivity index (χ4v) is 3.28. The quantitative estimate of drug-likeness (QED) is 0.607. The van der Waals surface area contributed by atoms with Crippen molar-refractivity contribution in [1.29, 1.82) is 0 Å². The van der Waals surface area contributed by atoms with Gasteiger partial charge in [0.2, 0.25) is 11.1 Å². The predicted octanol–water partition coefficient (Wildman–Crippen LogP) is 3.88. The summed E-state index contributed by atoms with van der Waals surface area (Å²) in [7, 11) is 3.40. The highest BCUT2D eigenvalue weighted by Gasteiger charge is 2.13. The van der Waals surface area contributed by atoms with Crippen molar-refractivity contribution in [3.63, 3.8) is 0 Å². The van der Waals surface area contributed by atoms with E-state index in [1.54, 1.807) is 31.2 Å². The molecule has 0 aliphatic heterocycles. The Labute approximate surface area is 166 Å². The van der Waals surface area contributed by atoms with E-state index in [1.807, 2.05) is 36.4 Å². The highest BCUT2D eigenvalue weighted by molar-refractivity contribution is 7.99. The molecule has 1 amide bonds. The Hall–Kier alpha value is -2.51. The van der Waals surface area contributed by atoms with Crippen LogP contribution in [0, 0.1) is 0 Å². The number of aromatic nitrogens is 3. The van der Waals surface area contributed by atoms with Crippen LogP contribution in [0.1, 0.15) is 5.56 Å². The van der Waals surface area contributed by atoms with Crippen LogP contribution in [-0.4, -0.2) is 45.9 Å². The zero-order chi connectivity index (χ0) is 19.2. The third-order valence-corrected chi connectivity index (χ3v) is 4.97. The zero-order valence-corrected chi connectivity index (χ0v) is 16.5. The number of carbonyl (C=O) groups excluding carboxylic acids is 1. The van der Waals surface area contributed by atoms with Gasteiger partial charge < -0.3 is 9.64 Å². The lowest BCUT2D eigenvalue weighted by Crippen LogP contribution is -2.27. The van der Waals surface area contributed by atoms with Crippen LogP contribution < -0.4 is 4.74 Å². The smallest absolute Gasteiger partial charge is 0.233 e. The van der Waals surface area contributed by atoms with E-state index in [2.05, 4.69) is 15.2 Å². The van der Waals surface area contributed by atoms with Crippen molar-refractivity contribution in [3.8, 4) is 17.1 Å². The van der Waals surface area contributed by atoms with Gasteiger partial charge in [-0.25, -0.2) is 4.98 Å². The molecule has 1 heterocycles. The summed E-state index contributed by atoms with van der Waals surface area (Å²) in [4.78, 5) is 18.5. The minimum Gasteiger partial charge on any atom is -0.497 e. The van der Waals surface area contributed by atoms with Crippen LogP contribution in [-0.2, 0) is 11.3 Å². The molecule has 0 saturated carbocycles. The van der Waals surface area contributed by atoms with Gasteiger partial charge in [0.05, 0.1) is 12.9 Å². The maximum absolute atomic E-state index is 12.4. The Morgan fingerprint density at radius 2 is 2.04 bits per heavy atom. The van der Waals surface area contributed by atoms with Crippen LogP contribution >= 0.6 is 23.4 Å². The Bertz CT molecular complexity index is 914. The number of halogens is 1. The minimum atomic E-state index is 0.000614. The van der Waals surface area contributed by atoms with Crippen molar-refractivity contribution in [3.05, 3.63) is 59.1 Å². The molecule has 0 bridgehead atoms. The summed E-state index contributed by atoms with van der Waals surface area (Å²) in [5.41, 5.74) is 1.90. The Balaban J connectivity index is 1.54. The molecule has 8 heteroatoms. The van der Waals surface area contributed by atoms with Crippen molar-refractivity contribution in [2.75, 3.05) is 19.9 Å². The molecule has 0 aliphatic carbocycles. The van der Waals surface area contributed by atoms with Gasteiger partial charge in [0.15, 0.2) is 5.82 Å². The molecular weight excluding hydrogens is 384 g/mol. The van der Waals surface area contributed by atoms with Gasteiger partial charge in [-0.15, -0.1) is 5.10 Å². The van der Waals surface area contributed by atoms with E-state index in [1.165, 1.54) is 11.8 Å². The highest BCUT2D eigenvalue weighted by Crippen LogP contribution is 2.21. The lowest BCUT2D eigenvalue weighted by atomic mass is 10.2. The summed E-state index contributed by atoms with van der Waals surface area (Å²) in [6.45, 7) is 0.514. The van der Waals surface area contributed by atoms with E-state index in [0.717, 1.165) is 16.9 Å². The molecule has 1 N–H and O–H groups in total. The van der Waals surface area contributed by atoms with Crippen molar-refractivity contribution in [2.45, 2.75) is 11.7 Å². The summed E-state index contributed by atoms with van der Waals surface area (Å²) in [6, 6.07) is 15.0. The number of thioether (sulfide) groups is 1. The first-order chi connectivity index (χ1) is 13.0. The number of nitrogens with zero attached hydrogens (tertiary/aromatic N) is 3. The number of benzene rings is 2. The van der Waals surface area contributed by atoms with Crippen LogP contribution in [0.15, 0.2) is 53.7 Å². The molecule has 0 spiro atoms. The molecular formula is C19H19ClN4O2S. The maximum Gasteiger partial charge on any atom is 0.233 e. The fourth-order valence-electron chi connectivity index (χ4n) is 2.42. The molecule has 6 nitrogen and oxygen atoms in total. The lowest BCUT2D eigenvalue weighted by molar-refractivity contribution is -0.127. The number of hydrogen-bond donors (Lipinski definition) is 1. The summed E-state index contributed by atoms with van der Waals surface area (Å²) in [5, 5.41) is 8.24. The van der Waals surface area contributed by atoms with Gasteiger partial charge in [-0.1, -0.05) is 35.5 Å². The lowest BCUT2D eigenvalue weighted by Gasteiger charge is -2.17. The fraction of sp³-hybridized carbons (Fsp3) is 0.211. The van der Waals surface area contributed by atoms with E-state index in [0.29, 0.717) is 22.5 Å². The molecule has 1 aromatic heterocycles. The number of carbonyl (C=O) groups is 1. The van der Waals surface area contributed by atoms with Crippen molar-refractivity contribution in [1.82, 2.24) is 20.1 Å². The molecule has 0 radical (unpaired) electrons. The highest BCUT2D eigenvalue weighted by atomic mass is 35.5. The largest absolute Gasteiger partial charge is 0.497 e. The van der Waals surface area contributed by atoms with Crippen LogP contribution in [0.2, 0.25) is 5.02 Å². The second-order valence-corrected chi connectivity index (χ2v) is 7.24. The Morgan fingerprint density at radius 1 is 1.26 bits per heavy atom. The number of ether oxygens (including phenoxy) is 1. The van der Waals surface area contributed by atoms with Gasteiger partial charge in [0, 0.05) is 24.2 Å². The Kier molecular flexibility index (Phi) is 6.36. The number of aromatic amines is 1. The average molecular weight is 403 g/mol. The van der Waals surface area contributed by atoms with Gasteiger partial charge in [0.25, 0.3) is 0 Å².